The second kappa shape index (κ2) is 14.7. The van der Waals surface area contributed by atoms with E-state index in [2.05, 4.69) is 71.5 Å². The molecule has 2 saturated heterocycles. The normalized spacial score (nSPS) is 17.3. The molecule has 5 aromatic rings. The van der Waals surface area contributed by atoms with Crippen LogP contribution in [0.1, 0.15) is 91.1 Å². The summed E-state index contributed by atoms with van der Waals surface area (Å²) in [5.41, 5.74) is 7.93. The van der Waals surface area contributed by atoms with Gasteiger partial charge in [-0.25, -0.2) is 9.50 Å². The Balaban J connectivity index is 0.915. The van der Waals surface area contributed by atoms with Crippen LogP contribution in [0, 0.1) is 6.92 Å². The lowest BCUT2D eigenvalue weighted by Crippen LogP contribution is -2.47. The number of imide groups is 1. The molecular formula is C39H45N9O4. The van der Waals surface area contributed by atoms with Gasteiger partial charge in [0.25, 0.3) is 11.7 Å². The molecule has 0 spiro atoms. The van der Waals surface area contributed by atoms with Crippen LogP contribution in [0.5, 0.6) is 0 Å². The number of rotatable bonds is 10. The number of anilines is 1. The van der Waals surface area contributed by atoms with Crippen LogP contribution in [0.3, 0.4) is 0 Å². The molecule has 5 heterocycles. The molecule has 1 unspecified atom stereocenters. The molecule has 52 heavy (non-hydrogen) atoms. The predicted octanol–water partition coefficient (Wildman–Crippen LogP) is 4.95. The average Bonchev–Trinajstić information content (AvgIpc) is 3.80. The fraction of sp³-hybridized carbons (Fsp3) is 0.410. The maximum Gasteiger partial charge on any atom is 0.292 e. The number of fused-ring (bicyclic) bond motifs is 1. The van der Waals surface area contributed by atoms with Crippen molar-refractivity contribution >= 4 is 28.9 Å². The Morgan fingerprint density at radius 1 is 1.04 bits per heavy atom. The first-order valence-electron chi connectivity index (χ1n) is 18.0. The first kappa shape index (κ1) is 35.0. The molecule has 2 aliphatic heterocycles. The van der Waals surface area contributed by atoms with Gasteiger partial charge in [-0.2, -0.15) is 10.1 Å². The van der Waals surface area contributed by atoms with E-state index in [4.69, 9.17) is 4.52 Å². The fourth-order valence-corrected chi connectivity index (χ4v) is 6.92. The lowest BCUT2D eigenvalue weighted by atomic mass is 9.89. The van der Waals surface area contributed by atoms with Crippen LogP contribution in [0.2, 0.25) is 0 Å². The number of likely N-dealkylation sites (tertiary alicyclic amines) is 1. The highest BCUT2D eigenvalue weighted by atomic mass is 16.5. The smallest absolute Gasteiger partial charge is 0.292 e. The lowest BCUT2D eigenvalue weighted by Gasteiger charge is -2.32. The van der Waals surface area contributed by atoms with Gasteiger partial charge in [-0.3, -0.25) is 19.7 Å². The molecule has 270 valence electrons. The van der Waals surface area contributed by atoms with Crippen LogP contribution >= 0.6 is 0 Å². The minimum Gasteiger partial charge on any atom is -0.374 e. The Hall–Kier alpha value is -5.43. The third kappa shape index (κ3) is 7.89. The summed E-state index contributed by atoms with van der Waals surface area (Å²) in [6.07, 6.45) is 7.68. The van der Waals surface area contributed by atoms with Crippen molar-refractivity contribution in [3.05, 3.63) is 95.0 Å². The van der Waals surface area contributed by atoms with Crippen LogP contribution in [0.4, 0.5) is 5.69 Å². The molecule has 3 aromatic heterocycles. The lowest BCUT2D eigenvalue weighted by molar-refractivity contribution is -0.133. The summed E-state index contributed by atoms with van der Waals surface area (Å²) in [7, 11) is 0. The van der Waals surface area contributed by atoms with Crippen molar-refractivity contribution < 1.29 is 18.9 Å². The van der Waals surface area contributed by atoms with E-state index in [0.29, 0.717) is 31.2 Å². The van der Waals surface area contributed by atoms with E-state index >= 15 is 0 Å². The van der Waals surface area contributed by atoms with Crippen LogP contribution in [-0.4, -0.2) is 73.0 Å². The van der Waals surface area contributed by atoms with Crippen LogP contribution in [0.15, 0.2) is 65.6 Å². The van der Waals surface area contributed by atoms with Crippen molar-refractivity contribution in [3.63, 3.8) is 0 Å². The molecule has 2 fully saturated rings. The molecule has 13 nitrogen and oxygen atoms in total. The number of carbonyl (C=O) groups excluding carboxylic acids is 3. The molecular weight excluding hydrogens is 658 g/mol. The molecule has 0 saturated carbocycles. The zero-order valence-corrected chi connectivity index (χ0v) is 30.1. The number of hydrogen-bond acceptors (Lipinski definition) is 10. The Kier molecular flexibility index (Phi) is 9.87. The summed E-state index contributed by atoms with van der Waals surface area (Å²) in [4.78, 5) is 47.6. The molecule has 0 radical (unpaired) electrons. The Morgan fingerprint density at radius 2 is 1.83 bits per heavy atom. The third-order valence-electron chi connectivity index (χ3n) is 10.1. The number of aromatic nitrogens is 5. The maximum atomic E-state index is 12.7. The number of nitrogens with zero attached hydrogens (tertiary/aromatic N) is 6. The average molecular weight is 704 g/mol. The quantitative estimate of drug-likeness (QED) is 0.170. The van der Waals surface area contributed by atoms with E-state index in [1.54, 1.807) is 6.33 Å². The summed E-state index contributed by atoms with van der Waals surface area (Å²) in [5, 5.41) is 16.9. The first-order valence-corrected chi connectivity index (χ1v) is 18.0. The topological polar surface area (TPSA) is 160 Å². The van der Waals surface area contributed by atoms with Crippen molar-refractivity contribution in [1.29, 1.82) is 0 Å². The number of hydrogen-bond donors (Lipinski definition) is 3. The second-order valence-corrected chi connectivity index (χ2v) is 14.9. The summed E-state index contributed by atoms with van der Waals surface area (Å²) < 4.78 is 7.17. The van der Waals surface area contributed by atoms with Gasteiger partial charge in [-0.1, -0.05) is 50.2 Å². The zero-order chi connectivity index (χ0) is 36.4. The highest BCUT2D eigenvalue weighted by Crippen LogP contribution is 2.30. The highest BCUT2D eigenvalue weighted by Gasteiger charge is 2.27. The number of nitrogens with one attached hydrogen (secondary N) is 3. The predicted molar refractivity (Wildman–Crippen MR) is 196 cm³/mol. The Bertz CT molecular complexity index is 2090. The van der Waals surface area contributed by atoms with Crippen molar-refractivity contribution in [2.45, 2.75) is 83.7 Å². The van der Waals surface area contributed by atoms with Gasteiger partial charge < -0.3 is 20.1 Å². The summed E-state index contributed by atoms with van der Waals surface area (Å²) in [6, 6.07) is 16.3. The van der Waals surface area contributed by atoms with Gasteiger partial charge in [0.05, 0.1) is 11.2 Å². The van der Waals surface area contributed by atoms with Crippen molar-refractivity contribution in [2.24, 2.45) is 0 Å². The van der Waals surface area contributed by atoms with E-state index in [1.165, 1.54) is 11.1 Å². The van der Waals surface area contributed by atoms with Gasteiger partial charge >= 0.3 is 0 Å². The van der Waals surface area contributed by atoms with Gasteiger partial charge in [-0.05, 0) is 98.1 Å². The Morgan fingerprint density at radius 3 is 2.54 bits per heavy atom. The number of amides is 3. The van der Waals surface area contributed by atoms with E-state index < -0.39 is 0 Å². The minimum absolute atomic E-state index is 0.0290. The molecule has 2 aliphatic rings. The fourth-order valence-electron chi connectivity index (χ4n) is 6.92. The summed E-state index contributed by atoms with van der Waals surface area (Å²) in [5.74, 6) is 0.122. The molecule has 3 amide bonds. The summed E-state index contributed by atoms with van der Waals surface area (Å²) >= 11 is 0. The SMILES string of the molecule is Cc1cc(-c2ncnn3cc(CCN4CCC(c5ccc(NC6CCC(=O)NC6=O)cc5)CC4)cc23)ccc1CNC(=O)c1noc(C(C)(C)C)n1. The molecule has 2 aromatic carbocycles. The monoisotopic (exact) mass is 703 g/mol. The number of aryl methyl sites for hydroxylation is 1. The first-order chi connectivity index (χ1) is 25.0. The zero-order valence-electron chi connectivity index (χ0n) is 30.1. The van der Waals surface area contributed by atoms with E-state index in [1.807, 2.05) is 56.5 Å². The molecule has 13 heteroatoms. The van der Waals surface area contributed by atoms with Gasteiger partial charge in [0.1, 0.15) is 12.4 Å². The van der Waals surface area contributed by atoms with Crippen molar-refractivity contribution in [1.82, 2.24) is 40.3 Å². The molecule has 0 aliphatic carbocycles. The highest BCUT2D eigenvalue weighted by molar-refractivity contribution is 6.01. The molecule has 7 rings (SSSR count). The minimum atomic E-state index is -0.377. The largest absolute Gasteiger partial charge is 0.374 e. The van der Waals surface area contributed by atoms with Crippen molar-refractivity contribution in [3.8, 4) is 11.3 Å². The van der Waals surface area contributed by atoms with Crippen molar-refractivity contribution in [2.75, 3.05) is 25.0 Å². The van der Waals surface area contributed by atoms with Gasteiger partial charge in [0.2, 0.25) is 17.7 Å². The van der Waals surface area contributed by atoms with Crippen LogP contribution < -0.4 is 16.0 Å². The third-order valence-corrected chi connectivity index (χ3v) is 10.1. The van der Waals surface area contributed by atoms with Gasteiger partial charge in [0, 0.05) is 42.4 Å². The molecule has 0 bridgehead atoms. The molecule has 1 atom stereocenters. The van der Waals surface area contributed by atoms with E-state index in [9.17, 15) is 14.4 Å². The van der Waals surface area contributed by atoms with Gasteiger partial charge in [0.15, 0.2) is 0 Å². The summed E-state index contributed by atoms with van der Waals surface area (Å²) in [6.45, 7) is 11.3. The number of piperidine rings is 2. The number of benzene rings is 2. The molecule has 3 N–H and O–H groups in total. The Labute approximate surface area is 302 Å². The number of carbonyl (C=O) groups is 3. The van der Waals surface area contributed by atoms with E-state index in [0.717, 1.165) is 72.5 Å². The van der Waals surface area contributed by atoms with Crippen LogP contribution in [-0.2, 0) is 28.0 Å². The standard InChI is InChI=1S/C39H45N9O4/c1-24-19-28(5-6-29(24)21-40-37(51)35-45-38(52-46-35)39(2,3)4)34-32-20-25(22-48(32)42-23-41-34)13-16-47-17-14-27(15-18-47)26-7-9-30(10-8-26)43-31-11-12-33(49)44-36(31)50/h5-10,19-20,22-23,27,31,43H,11-18,21H2,1-4H3,(H,40,51)(H,44,49,50). The maximum absolute atomic E-state index is 12.7. The van der Waals surface area contributed by atoms with Gasteiger partial charge in [-0.15, -0.1) is 0 Å². The van der Waals surface area contributed by atoms with E-state index in [-0.39, 0.29) is 35.0 Å². The second-order valence-electron chi connectivity index (χ2n) is 14.9. The van der Waals surface area contributed by atoms with Crippen LogP contribution in [0.25, 0.3) is 16.8 Å².